The van der Waals surface area contributed by atoms with Crippen molar-refractivity contribution in [2.24, 2.45) is 0 Å². The lowest BCUT2D eigenvalue weighted by Crippen LogP contribution is -2.64. The molecule has 486 valence electrons. The molecule has 6 aliphatic rings. The van der Waals surface area contributed by atoms with Crippen LogP contribution in [0.2, 0.25) is 0 Å². The fourth-order valence-electron chi connectivity index (χ4n) is 9.85. The summed E-state index contributed by atoms with van der Waals surface area (Å²) in [5.41, 5.74) is 0. The fraction of sp³-hybridized carbons (Fsp3) is 0.875. The van der Waals surface area contributed by atoms with Crippen molar-refractivity contribution in [3.8, 4) is 17.2 Å². The van der Waals surface area contributed by atoms with Gasteiger partial charge < -0.3 is 178 Å². The van der Waals surface area contributed by atoms with Gasteiger partial charge in [0.2, 0.25) is 0 Å². The summed E-state index contributed by atoms with van der Waals surface area (Å²) in [6, 6.07) is 4.10. The molecule has 21 N–H and O–H groups in total. The molecule has 1 aromatic rings. The number of ether oxygens (including phenoxy) is 15. The largest absolute Gasteiger partial charge is 0.491 e. The van der Waals surface area contributed by atoms with Gasteiger partial charge in [0.05, 0.1) is 59.5 Å². The van der Waals surface area contributed by atoms with Crippen LogP contribution in [0.15, 0.2) is 18.2 Å². The summed E-state index contributed by atoms with van der Waals surface area (Å²) in [7, 11) is 0. The molecule has 6 fully saturated rings. The van der Waals surface area contributed by atoms with Crippen LogP contribution in [0.25, 0.3) is 0 Å². The molecule has 0 aliphatic carbocycles. The second kappa shape index (κ2) is 31.7. The summed E-state index contributed by atoms with van der Waals surface area (Å²) in [5, 5.41) is 217. The Morgan fingerprint density at radius 1 is 0.250 bits per heavy atom. The first kappa shape index (κ1) is 68.8. The third-order valence-electron chi connectivity index (χ3n) is 14.6. The molecular formula is C48H78O36. The van der Waals surface area contributed by atoms with E-state index >= 15 is 0 Å². The molecular weight excluding hydrogens is 1150 g/mol. The number of aliphatic hydroxyl groups is 21. The second-order valence-electron chi connectivity index (χ2n) is 20.3. The summed E-state index contributed by atoms with van der Waals surface area (Å²) >= 11 is 0. The topological polar surface area (TPSA) is 563 Å². The maximum atomic E-state index is 11.0. The number of rotatable bonds is 27. The SMILES string of the molecule is OC[C@H]1O[C@H](O[C@H]2[C@H](O)[C@@H](O)[C@H](OCCOc3cc(OCCO[C@@H]4O[C@H](CO)[C@@H](O[C@H]5O[C@H](CO)[C@@H](O)[C@H](O)[C@H]5O)[C@H](O)[C@H]4O)cc(OCCO[C@@H]4O[C@H](CO)[C@@H](O[C@H]5O[C@H](CO)[C@@H](O)[C@H](O)[C@H]5O)[C@H](O)[C@H]4O)c3)O[C@@H]2CO)[C@H](O)[C@@H](O)[C@@H]1O. The highest BCUT2D eigenvalue weighted by atomic mass is 16.8. The minimum Gasteiger partial charge on any atom is -0.491 e. The quantitative estimate of drug-likeness (QED) is 0.0364. The molecule has 30 atom stereocenters. The molecule has 0 radical (unpaired) electrons. The molecule has 0 bridgehead atoms. The summed E-state index contributed by atoms with van der Waals surface area (Å²) in [5.74, 6) is 0.111. The van der Waals surface area contributed by atoms with Gasteiger partial charge >= 0.3 is 0 Å². The van der Waals surface area contributed by atoms with Crippen molar-refractivity contribution in [3.05, 3.63) is 18.2 Å². The Balaban J connectivity index is 0.955. The van der Waals surface area contributed by atoms with E-state index < -0.39 is 224 Å². The van der Waals surface area contributed by atoms with Crippen molar-refractivity contribution in [1.29, 1.82) is 0 Å². The van der Waals surface area contributed by atoms with Gasteiger partial charge in [-0.2, -0.15) is 0 Å². The van der Waals surface area contributed by atoms with E-state index in [2.05, 4.69) is 0 Å². The number of benzene rings is 1. The molecule has 36 heteroatoms. The fourth-order valence-corrected chi connectivity index (χ4v) is 9.85. The number of aliphatic hydroxyl groups excluding tert-OH is 21. The van der Waals surface area contributed by atoms with Crippen LogP contribution in [-0.2, 0) is 56.8 Å². The summed E-state index contributed by atoms with van der Waals surface area (Å²) < 4.78 is 84.1. The highest BCUT2D eigenvalue weighted by Gasteiger charge is 2.54. The van der Waals surface area contributed by atoms with Crippen molar-refractivity contribution in [2.75, 3.05) is 79.3 Å². The zero-order valence-corrected chi connectivity index (χ0v) is 44.6. The maximum Gasteiger partial charge on any atom is 0.187 e. The lowest BCUT2D eigenvalue weighted by atomic mass is 9.97. The Bertz CT molecular complexity index is 1840. The van der Waals surface area contributed by atoms with Gasteiger partial charge in [-0.15, -0.1) is 0 Å². The van der Waals surface area contributed by atoms with E-state index in [1.165, 1.54) is 18.2 Å². The Kier molecular flexibility index (Phi) is 25.9. The highest BCUT2D eigenvalue weighted by Crippen LogP contribution is 2.34. The van der Waals surface area contributed by atoms with Gasteiger partial charge in [-0.1, -0.05) is 0 Å². The monoisotopic (exact) mass is 1230 g/mol. The standard InChI is InChI=1S/C48H78O36/c49-10-19-25(55)28(58)34(64)46(76-19)82-40-22(13-52)79-43(37(67)31(40)61)73-4-1-70-16-7-17(71-2-5-74-44-38(68)32(62)41(23(14-53)80-44)83-47-35(65)29(59)26(56)20(11-50)77-47)9-18(8-16)72-3-6-75-45-39(69)33(63)42(24(15-54)81-45)84-48-36(66)30(60)27(57)21(12-51)78-48/h7-9,19-69H,1-6,10-15H2/t19-,20-,21-,22-,23-,24-,25-,26-,27-,28+,29+,30+,31-,32-,33-,34-,35-,36-,37-,38-,39-,40-,41-,42-,43-,44-,45-,46-,47-,48-/m1/s1. The molecule has 0 amide bonds. The van der Waals surface area contributed by atoms with Crippen LogP contribution in [0, 0.1) is 0 Å². The zero-order valence-electron chi connectivity index (χ0n) is 44.6. The minimum absolute atomic E-state index is 0.0371. The van der Waals surface area contributed by atoms with Crippen LogP contribution in [0.3, 0.4) is 0 Å². The van der Waals surface area contributed by atoms with Gasteiger partial charge in [0.1, 0.15) is 184 Å². The molecule has 36 nitrogen and oxygen atoms in total. The van der Waals surface area contributed by atoms with E-state index in [-0.39, 0.29) is 56.9 Å². The summed E-state index contributed by atoms with van der Waals surface area (Å²) in [6.07, 6.45) is -50.9. The lowest BCUT2D eigenvalue weighted by Gasteiger charge is -2.45. The Labute approximate surface area is 476 Å². The van der Waals surface area contributed by atoms with E-state index in [9.17, 15) is 107 Å². The molecule has 6 saturated heterocycles. The van der Waals surface area contributed by atoms with Crippen molar-refractivity contribution < 1.29 is 178 Å². The van der Waals surface area contributed by atoms with Crippen LogP contribution in [-0.4, -0.2) is 371 Å². The van der Waals surface area contributed by atoms with E-state index in [1.54, 1.807) is 0 Å². The molecule has 0 spiro atoms. The van der Waals surface area contributed by atoms with Crippen molar-refractivity contribution in [3.63, 3.8) is 0 Å². The summed E-state index contributed by atoms with van der Waals surface area (Å²) in [6.45, 7) is -6.92. The minimum atomic E-state index is -1.89. The first-order valence-electron chi connectivity index (χ1n) is 26.7. The average molecular weight is 1230 g/mol. The molecule has 6 aliphatic heterocycles. The number of hydrogen-bond acceptors (Lipinski definition) is 36. The van der Waals surface area contributed by atoms with Crippen LogP contribution in [0.5, 0.6) is 17.2 Å². The third-order valence-corrected chi connectivity index (χ3v) is 14.6. The zero-order chi connectivity index (χ0) is 61.3. The first-order valence-corrected chi connectivity index (χ1v) is 26.7. The van der Waals surface area contributed by atoms with Crippen molar-refractivity contribution in [2.45, 2.75) is 184 Å². The molecule has 0 unspecified atom stereocenters. The maximum absolute atomic E-state index is 11.0. The molecule has 0 aromatic heterocycles. The van der Waals surface area contributed by atoms with Gasteiger partial charge in [0.15, 0.2) is 37.7 Å². The van der Waals surface area contributed by atoms with Crippen LogP contribution >= 0.6 is 0 Å². The van der Waals surface area contributed by atoms with E-state index in [1.807, 2.05) is 0 Å². The predicted molar refractivity (Wildman–Crippen MR) is 260 cm³/mol. The number of hydrogen-bond donors (Lipinski definition) is 21. The third kappa shape index (κ3) is 16.0. The molecule has 1 aromatic carbocycles. The van der Waals surface area contributed by atoms with Crippen LogP contribution in [0.1, 0.15) is 0 Å². The van der Waals surface area contributed by atoms with Crippen molar-refractivity contribution in [1.82, 2.24) is 0 Å². The average Bonchev–Trinajstić information content (AvgIpc) is 3.52. The van der Waals surface area contributed by atoms with Gasteiger partial charge in [-0.05, 0) is 0 Å². The second-order valence-corrected chi connectivity index (χ2v) is 20.3. The Morgan fingerprint density at radius 2 is 0.464 bits per heavy atom. The first-order chi connectivity index (χ1) is 40.1. The van der Waals surface area contributed by atoms with Crippen LogP contribution in [0.4, 0.5) is 0 Å². The molecule has 0 saturated carbocycles. The normalized spacial score (nSPS) is 44.8. The molecule has 7 rings (SSSR count). The van der Waals surface area contributed by atoms with Gasteiger partial charge in [-0.25, -0.2) is 0 Å². The smallest absolute Gasteiger partial charge is 0.187 e. The molecule has 6 heterocycles. The van der Waals surface area contributed by atoms with Crippen LogP contribution < -0.4 is 14.2 Å². The highest BCUT2D eigenvalue weighted by molar-refractivity contribution is 5.42. The lowest BCUT2D eigenvalue weighted by molar-refractivity contribution is -0.359. The predicted octanol–water partition coefficient (Wildman–Crippen LogP) is -13.3. The van der Waals surface area contributed by atoms with Gasteiger partial charge in [0, 0.05) is 18.2 Å². The summed E-state index contributed by atoms with van der Waals surface area (Å²) in [4.78, 5) is 0. The van der Waals surface area contributed by atoms with E-state index in [0.717, 1.165) is 0 Å². The Morgan fingerprint density at radius 3 is 0.690 bits per heavy atom. The van der Waals surface area contributed by atoms with Gasteiger partial charge in [0.25, 0.3) is 0 Å². The van der Waals surface area contributed by atoms with Crippen molar-refractivity contribution >= 4 is 0 Å². The van der Waals surface area contributed by atoms with E-state index in [4.69, 9.17) is 71.1 Å². The van der Waals surface area contributed by atoms with E-state index in [0.29, 0.717) is 0 Å². The molecule has 84 heavy (non-hydrogen) atoms. The Hall–Kier alpha value is -2.70. The van der Waals surface area contributed by atoms with Gasteiger partial charge in [-0.3, -0.25) is 0 Å².